The van der Waals surface area contributed by atoms with Crippen LogP contribution >= 0.6 is 11.6 Å². The van der Waals surface area contributed by atoms with Crippen LogP contribution in [-0.4, -0.2) is 31.1 Å². The first-order valence-electron chi connectivity index (χ1n) is 6.45. The smallest absolute Gasteiger partial charge is 0.0406 e. The summed E-state index contributed by atoms with van der Waals surface area (Å²) in [5.74, 6) is 0.564. The largest absolute Gasteiger partial charge is 0.330 e. The van der Waals surface area contributed by atoms with E-state index >= 15 is 0 Å². The van der Waals surface area contributed by atoms with Crippen molar-refractivity contribution >= 4 is 11.6 Å². The van der Waals surface area contributed by atoms with Crippen LogP contribution in [0.1, 0.15) is 18.4 Å². The average Bonchev–Trinajstić information content (AvgIpc) is 2.84. The molecule has 1 atom stereocenters. The lowest BCUT2D eigenvalue weighted by molar-refractivity contribution is 0.279. The molecule has 1 aliphatic heterocycles. The van der Waals surface area contributed by atoms with Gasteiger partial charge in [-0.3, -0.25) is 0 Å². The van der Waals surface area contributed by atoms with E-state index in [4.69, 9.17) is 17.3 Å². The van der Waals surface area contributed by atoms with Gasteiger partial charge in [0, 0.05) is 11.6 Å². The highest BCUT2D eigenvalue weighted by Gasteiger charge is 2.16. The van der Waals surface area contributed by atoms with Crippen LogP contribution in [0.15, 0.2) is 24.3 Å². The Hall–Kier alpha value is -0.570. The van der Waals surface area contributed by atoms with Gasteiger partial charge in [0.15, 0.2) is 0 Å². The molecule has 0 saturated carbocycles. The van der Waals surface area contributed by atoms with E-state index < -0.39 is 0 Å². The molecule has 0 aliphatic carbocycles. The highest BCUT2D eigenvalue weighted by Crippen LogP contribution is 2.16. The van der Waals surface area contributed by atoms with E-state index in [0.717, 1.165) is 24.5 Å². The molecule has 0 bridgehead atoms. The molecule has 1 aliphatic rings. The van der Waals surface area contributed by atoms with Gasteiger partial charge in [-0.1, -0.05) is 23.7 Å². The molecular weight excluding hydrogens is 232 g/mol. The molecule has 94 valence electrons. The van der Waals surface area contributed by atoms with Crippen molar-refractivity contribution in [1.29, 1.82) is 0 Å². The Morgan fingerprint density at radius 1 is 1.18 bits per heavy atom. The van der Waals surface area contributed by atoms with Gasteiger partial charge in [0.05, 0.1) is 0 Å². The van der Waals surface area contributed by atoms with E-state index in [2.05, 4.69) is 17.0 Å². The summed E-state index contributed by atoms with van der Waals surface area (Å²) < 4.78 is 0. The zero-order valence-electron chi connectivity index (χ0n) is 10.2. The summed E-state index contributed by atoms with van der Waals surface area (Å²) >= 11 is 5.89. The number of nitrogens with two attached hydrogens (primary N) is 1. The van der Waals surface area contributed by atoms with Gasteiger partial charge in [-0.2, -0.15) is 0 Å². The molecule has 0 amide bonds. The minimum atomic E-state index is 0.564. The second-order valence-electron chi connectivity index (χ2n) is 4.94. The molecule has 0 radical (unpaired) electrons. The Morgan fingerprint density at radius 3 is 2.41 bits per heavy atom. The maximum Gasteiger partial charge on any atom is 0.0406 e. The SMILES string of the molecule is NCC(Cc1ccc(Cl)cc1)CN1CCCC1. The van der Waals surface area contributed by atoms with Crippen LogP contribution in [-0.2, 0) is 6.42 Å². The summed E-state index contributed by atoms with van der Waals surface area (Å²) in [6.45, 7) is 4.40. The summed E-state index contributed by atoms with van der Waals surface area (Å²) in [4.78, 5) is 2.54. The zero-order chi connectivity index (χ0) is 12.1. The molecule has 17 heavy (non-hydrogen) atoms. The monoisotopic (exact) mass is 252 g/mol. The summed E-state index contributed by atoms with van der Waals surface area (Å²) in [6, 6.07) is 8.13. The number of nitrogens with zero attached hydrogens (tertiary/aromatic N) is 1. The van der Waals surface area contributed by atoms with Gasteiger partial charge in [0.1, 0.15) is 0 Å². The molecular formula is C14H21ClN2. The predicted octanol–water partition coefficient (Wildman–Crippen LogP) is 2.55. The number of hydrogen-bond donors (Lipinski definition) is 1. The van der Waals surface area contributed by atoms with Crippen LogP contribution in [0.4, 0.5) is 0 Å². The maximum atomic E-state index is 5.89. The Morgan fingerprint density at radius 2 is 1.82 bits per heavy atom. The molecule has 3 heteroatoms. The van der Waals surface area contributed by atoms with E-state index in [-0.39, 0.29) is 0 Å². The highest BCUT2D eigenvalue weighted by molar-refractivity contribution is 6.30. The first-order valence-corrected chi connectivity index (χ1v) is 6.82. The average molecular weight is 253 g/mol. The molecule has 1 saturated heterocycles. The Bertz CT molecular complexity index is 331. The normalized spacial score (nSPS) is 18.5. The lowest BCUT2D eigenvalue weighted by Crippen LogP contribution is -2.32. The van der Waals surface area contributed by atoms with Crippen molar-refractivity contribution < 1.29 is 0 Å². The fraction of sp³-hybridized carbons (Fsp3) is 0.571. The second kappa shape index (κ2) is 6.39. The third-order valence-corrected chi connectivity index (χ3v) is 3.74. The molecule has 2 nitrogen and oxygen atoms in total. The Labute approximate surface area is 109 Å². The summed E-state index contributed by atoms with van der Waals surface area (Å²) in [6.07, 6.45) is 3.75. The van der Waals surface area contributed by atoms with Crippen molar-refractivity contribution in [3.05, 3.63) is 34.9 Å². The van der Waals surface area contributed by atoms with E-state index in [9.17, 15) is 0 Å². The van der Waals surface area contributed by atoms with Gasteiger partial charge in [0.2, 0.25) is 0 Å². The number of hydrogen-bond acceptors (Lipinski definition) is 2. The standard InChI is InChI=1S/C14H21ClN2/c15-14-5-3-12(4-6-14)9-13(10-16)11-17-7-1-2-8-17/h3-6,13H,1-2,7-11,16H2. The number of benzene rings is 1. The van der Waals surface area contributed by atoms with Gasteiger partial charge < -0.3 is 10.6 Å². The molecule has 1 fully saturated rings. The maximum absolute atomic E-state index is 5.89. The van der Waals surface area contributed by atoms with E-state index in [1.54, 1.807) is 0 Å². The summed E-state index contributed by atoms with van der Waals surface area (Å²) in [5, 5.41) is 0.803. The van der Waals surface area contributed by atoms with Crippen molar-refractivity contribution in [2.24, 2.45) is 11.7 Å². The third kappa shape index (κ3) is 3.98. The molecule has 1 heterocycles. The molecule has 2 rings (SSSR count). The fourth-order valence-corrected chi connectivity index (χ4v) is 2.63. The van der Waals surface area contributed by atoms with Gasteiger partial charge in [-0.25, -0.2) is 0 Å². The molecule has 0 aromatic heterocycles. The van der Waals surface area contributed by atoms with Crippen molar-refractivity contribution in [3.63, 3.8) is 0 Å². The van der Waals surface area contributed by atoms with Gasteiger partial charge in [0.25, 0.3) is 0 Å². The number of likely N-dealkylation sites (tertiary alicyclic amines) is 1. The van der Waals surface area contributed by atoms with E-state index in [1.165, 1.54) is 31.5 Å². The van der Waals surface area contributed by atoms with Gasteiger partial charge in [-0.15, -0.1) is 0 Å². The second-order valence-corrected chi connectivity index (χ2v) is 5.38. The molecule has 0 spiro atoms. The fourth-order valence-electron chi connectivity index (χ4n) is 2.51. The zero-order valence-corrected chi connectivity index (χ0v) is 11.0. The highest BCUT2D eigenvalue weighted by atomic mass is 35.5. The van der Waals surface area contributed by atoms with E-state index in [0.29, 0.717) is 5.92 Å². The Balaban J connectivity index is 1.87. The number of halogens is 1. The first-order chi connectivity index (χ1) is 8.28. The summed E-state index contributed by atoms with van der Waals surface area (Å²) in [5.41, 5.74) is 7.21. The predicted molar refractivity (Wildman–Crippen MR) is 73.4 cm³/mol. The van der Waals surface area contributed by atoms with Gasteiger partial charge >= 0.3 is 0 Å². The molecule has 1 unspecified atom stereocenters. The van der Waals surface area contributed by atoms with Gasteiger partial charge in [-0.05, 0) is 62.5 Å². The Kier molecular flexibility index (Phi) is 4.84. The molecule has 1 aromatic carbocycles. The summed E-state index contributed by atoms with van der Waals surface area (Å²) in [7, 11) is 0. The topological polar surface area (TPSA) is 29.3 Å². The van der Waals surface area contributed by atoms with Crippen molar-refractivity contribution in [3.8, 4) is 0 Å². The van der Waals surface area contributed by atoms with Crippen LogP contribution in [0.5, 0.6) is 0 Å². The quantitative estimate of drug-likeness (QED) is 0.873. The van der Waals surface area contributed by atoms with Crippen LogP contribution in [0.25, 0.3) is 0 Å². The number of rotatable bonds is 5. The van der Waals surface area contributed by atoms with Crippen LogP contribution < -0.4 is 5.73 Å². The van der Waals surface area contributed by atoms with Crippen molar-refractivity contribution in [2.45, 2.75) is 19.3 Å². The van der Waals surface area contributed by atoms with Crippen molar-refractivity contribution in [1.82, 2.24) is 4.90 Å². The first kappa shape index (κ1) is 12.9. The minimum Gasteiger partial charge on any atom is -0.330 e. The van der Waals surface area contributed by atoms with Crippen LogP contribution in [0, 0.1) is 5.92 Å². The molecule has 2 N–H and O–H groups in total. The van der Waals surface area contributed by atoms with Crippen molar-refractivity contribution in [2.75, 3.05) is 26.2 Å². The van der Waals surface area contributed by atoms with E-state index in [1.807, 2.05) is 12.1 Å². The third-order valence-electron chi connectivity index (χ3n) is 3.49. The molecule has 1 aromatic rings. The van der Waals surface area contributed by atoms with Crippen LogP contribution in [0.3, 0.4) is 0 Å². The minimum absolute atomic E-state index is 0.564. The van der Waals surface area contributed by atoms with Crippen LogP contribution in [0.2, 0.25) is 5.02 Å². The lowest BCUT2D eigenvalue weighted by atomic mass is 9.99. The lowest BCUT2D eigenvalue weighted by Gasteiger charge is -2.22.